The van der Waals surface area contributed by atoms with Gasteiger partial charge in [-0.3, -0.25) is 32.9 Å². The zero-order valence-corrected chi connectivity index (χ0v) is 64.1. The first-order valence-corrected chi connectivity index (χ1v) is 42.1. The van der Waals surface area contributed by atoms with Gasteiger partial charge in [-0.15, -0.1) is 0 Å². The van der Waals surface area contributed by atoms with Gasteiger partial charge in [-0.25, -0.2) is 17.6 Å². The second kappa shape index (κ2) is 46.6. The number of carbonyl (C=O) groups is 4. The molecule has 1 amide bonds. The number of H-pyrrole nitrogens is 1. The number of aromatic nitrogens is 4. The van der Waals surface area contributed by atoms with Crippen LogP contribution < -0.4 is 53.0 Å². The Bertz CT molecular complexity index is 3460. The Hall–Kier alpha value is -4.56. The van der Waals surface area contributed by atoms with E-state index in [9.17, 15) is 36.7 Å². The second-order valence-corrected chi connectivity index (χ2v) is 41.3. The molecule has 0 bridgehead atoms. The van der Waals surface area contributed by atoms with E-state index >= 15 is 0 Å². The third-order valence-electron chi connectivity index (χ3n) is 11.8. The first-order chi connectivity index (χ1) is 42.4. The molecule has 14 nitrogen and oxygen atoms in total. The standard InChI is InChI=1S/C13H16BFNO3Si.C13H16FNOSi.C10H8FNO.C8H6FN.C6H15BO3.C5H10ClNO.2C4H9.C3H9ClSi.2Li/c1-8(17)16-12-9(6-5-7-10(12)19-14-18)11(15)13(16)20(2,3)4;1-9(16)15-11-8-6-5-7-10(11)12(14)13(15)17(2,3)4;1-7(13)12-6-9(11)8-4-2-3-5-10(8)12;9-7-5-10-8-4-2-1-3-6(7)8;1-4-8-7(9-5-2)10-6-3;1-3-7(4-2)5(6)8;1-4(2)3;1-3-4-2;1-5(2,3)4;;/h5-7,18H,1-4H3;5-8H,1-4H3;2-6H,1H3;1-5,10H;4-6H2,1-3H3;3-4H2,1-2H3;1-3H3;3H,4H2,1-2H3;1-3H3;;/q;;;;;;2*-1;;2*+1. The van der Waals surface area contributed by atoms with E-state index in [-0.39, 0.29) is 89.8 Å². The van der Waals surface area contributed by atoms with Crippen molar-refractivity contribution < 1.29 is 98.1 Å². The number of amides is 1. The van der Waals surface area contributed by atoms with Gasteiger partial charge in [0.2, 0.25) is 17.7 Å². The number of nitrogens with one attached hydrogen (secondary N) is 1. The van der Waals surface area contributed by atoms with Gasteiger partial charge in [-0.1, -0.05) is 108 Å². The smallest absolute Gasteiger partial charge is 0.536 e. The minimum atomic E-state index is -2.08. The molecule has 0 saturated carbocycles. The molecule has 1 radical (unpaired) electrons. The van der Waals surface area contributed by atoms with Crippen LogP contribution in [0.15, 0.2) is 103 Å². The molecule has 8 aromatic rings. The van der Waals surface area contributed by atoms with E-state index < -0.39 is 30.9 Å². The van der Waals surface area contributed by atoms with Crippen LogP contribution in [0, 0.1) is 35.6 Å². The molecule has 4 aromatic heterocycles. The molecule has 0 aliphatic rings. The van der Waals surface area contributed by atoms with E-state index in [1.807, 2.05) is 98.2 Å². The van der Waals surface area contributed by atoms with Crippen molar-refractivity contribution >= 4 is 139 Å². The molecule has 503 valence electrons. The average Bonchev–Trinajstić information content (AvgIpc) is 1.61. The van der Waals surface area contributed by atoms with Gasteiger partial charge < -0.3 is 45.9 Å². The van der Waals surface area contributed by atoms with Gasteiger partial charge >= 0.3 is 58.1 Å². The summed E-state index contributed by atoms with van der Waals surface area (Å²) in [6.07, 6.45) is 5.90. The van der Waals surface area contributed by atoms with Crippen LogP contribution in [0.3, 0.4) is 0 Å². The average molecular weight is 1370 g/mol. The molecule has 4 aromatic carbocycles. The van der Waals surface area contributed by atoms with Gasteiger partial charge in [-0.05, 0) is 94.8 Å². The predicted octanol–water partition coefficient (Wildman–Crippen LogP) is 11.7. The summed E-state index contributed by atoms with van der Waals surface area (Å²) in [6, 6.07) is 26.2. The Morgan fingerprint density at radius 2 is 1.02 bits per heavy atom. The summed E-state index contributed by atoms with van der Waals surface area (Å²) in [5, 5.41) is 11.5. The summed E-state index contributed by atoms with van der Waals surface area (Å²) in [4.78, 5) is 49.5. The normalized spacial score (nSPS) is 10.5. The molecule has 0 atom stereocenters. The van der Waals surface area contributed by atoms with Crippen molar-refractivity contribution in [2.45, 2.75) is 155 Å². The molecular weight excluding hydrogens is 1270 g/mol. The van der Waals surface area contributed by atoms with Crippen LogP contribution >= 0.6 is 22.7 Å². The fourth-order valence-electron chi connectivity index (χ4n) is 8.05. The number of rotatable bonds is 13. The van der Waals surface area contributed by atoms with Crippen molar-refractivity contribution in [3.63, 3.8) is 0 Å². The molecule has 0 fully saturated rings. The number of nitrogens with zero attached hydrogens (tertiary/aromatic N) is 4. The maximum atomic E-state index is 14.7. The van der Waals surface area contributed by atoms with Crippen LogP contribution in [0.25, 0.3) is 43.6 Å². The minimum Gasteiger partial charge on any atom is -0.536 e. The number of unbranched alkanes of at least 4 members (excludes halogenated alkanes) is 1. The topological polar surface area (TPSA) is 159 Å². The van der Waals surface area contributed by atoms with Crippen molar-refractivity contribution in [2.75, 3.05) is 32.9 Å². The quantitative estimate of drug-likeness (QED) is 0.0286. The fraction of sp³-hybridized carbons (Fsp3) is 0.424. The molecule has 0 aliphatic heterocycles. The predicted molar refractivity (Wildman–Crippen MR) is 382 cm³/mol. The van der Waals surface area contributed by atoms with Crippen LogP contribution in [0.2, 0.25) is 58.9 Å². The number of para-hydroxylation sites is 4. The number of fused-ring (bicyclic) bond motifs is 4. The zero-order valence-electron chi connectivity index (χ0n) is 59.6. The van der Waals surface area contributed by atoms with E-state index in [2.05, 4.69) is 65.7 Å². The number of aromatic amines is 1. The summed E-state index contributed by atoms with van der Waals surface area (Å²) in [6.45, 7) is 45.8. The van der Waals surface area contributed by atoms with Crippen LogP contribution in [0.4, 0.5) is 22.4 Å². The van der Waals surface area contributed by atoms with E-state index in [0.717, 1.165) is 5.52 Å². The van der Waals surface area contributed by atoms with Gasteiger partial charge in [-0.2, -0.15) is 45.2 Å². The van der Waals surface area contributed by atoms with Crippen molar-refractivity contribution in [2.24, 2.45) is 0 Å². The van der Waals surface area contributed by atoms with Gasteiger partial charge in [0.1, 0.15) is 52.5 Å². The molecule has 2 N–H and O–H groups in total. The number of hydrogen-bond acceptors (Lipinski definition) is 9. The van der Waals surface area contributed by atoms with Crippen LogP contribution in [0.5, 0.6) is 5.75 Å². The Balaban J connectivity index is -0.00000102. The van der Waals surface area contributed by atoms with Gasteiger partial charge in [0.15, 0.2) is 0 Å². The molecule has 0 unspecified atom stereocenters. The molecule has 27 heteroatoms. The first-order valence-electron chi connectivity index (χ1n) is 30.2. The van der Waals surface area contributed by atoms with Gasteiger partial charge in [0, 0.05) is 104 Å². The van der Waals surface area contributed by atoms with E-state index in [0.29, 0.717) is 89.3 Å². The van der Waals surface area contributed by atoms with Crippen LogP contribution in [-0.4, -0.2) is 123 Å². The van der Waals surface area contributed by atoms with E-state index in [1.165, 1.54) is 59.2 Å². The van der Waals surface area contributed by atoms with E-state index in [1.54, 1.807) is 71.6 Å². The summed E-state index contributed by atoms with van der Waals surface area (Å²) in [5.41, 5.74) is 2.50. The van der Waals surface area contributed by atoms with Crippen molar-refractivity contribution in [1.29, 1.82) is 0 Å². The SMILES string of the molecule is CC(=O)n1c([Si](C)(C)C)c(F)c2cccc(O[B]O)c21.CC(=O)n1c([Si](C)(C)C)c(F)c2ccccc21.CC(=O)n1cc(F)c2ccccc21.CCN(CC)C(=O)Cl.CCOB(OCC)OCC.C[C-](C)C.C[CH-]CC.C[Si](C)(C)Cl.Fc1c[nH]c2ccccc12.[Li+].[Li+]. The second-order valence-electron chi connectivity index (χ2n) is 23.5. The maximum Gasteiger partial charge on any atom is 1.00 e. The van der Waals surface area contributed by atoms with Crippen LogP contribution in [-0.2, 0) is 14.0 Å². The Morgan fingerprint density at radius 1 is 0.624 bits per heavy atom. The third kappa shape index (κ3) is 32.4. The van der Waals surface area contributed by atoms with Crippen molar-refractivity contribution in [1.82, 2.24) is 23.6 Å². The summed E-state index contributed by atoms with van der Waals surface area (Å²) < 4.78 is 79.5. The van der Waals surface area contributed by atoms with E-state index in [4.69, 9.17) is 46.3 Å². The molecule has 93 heavy (non-hydrogen) atoms. The largest absolute Gasteiger partial charge is 1.00 e. The molecule has 0 saturated heterocycles. The van der Waals surface area contributed by atoms with Crippen molar-refractivity contribution in [3.8, 4) is 5.75 Å². The number of benzene rings is 4. The first kappa shape index (κ1) is 92.6. The monoisotopic (exact) mass is 1370 g/mol. The number of halogens is 6. The van der Waals surface area contributed by atoms with Gasteiger partial charge in [0.25, 0.3) is 0 Å². The molecular formula is C66H98B2Cl2F4Li2N5O9Si3. The maximum absolute atomic E-state index is 14.7. The summed E-state index contributed by atoms with van der Waals surface area (Å²) >= 11 is 10.8. The molecule has 0 aliphatic carbocycles. The summed E-state index contributed by atoms with van der Waals surface area (Å²) in [5.74, 6) is -0.0503. The summed E-state index contributed by atoms with van der Waals surface area (Å²) in [7, 11) is -5.06. The minimum absolute atomic E-state index is 0. The fourth-order valence-corrected chi connectivity index (χ4v) is 11.8. The zero-order chi connectivity index (χ0) is 70.1. The van der Waals surface area contributed by atoms with Gasteiger partial charge in [0.05, 0.1) is 16.6 Å². The van der Waals surface area contributed by atoms with Crippen molar-refractivity contribution in [3.05, 3.63) is 139 Å². The Morgan fingerprint density at radius 3 is 1.40 bits per heavy atom. The van der Waals surface area contributed by atoms with Crippen LogP contribution in [0.1, 0.15) is 111 Å². The third-order valence-corrected chi connectivity index (χ3v) is 15.8. The number of carbonyl (C=O) groups excluding carboxylic acids is 4. The molecule has 8 rings (SSSR count). The Labute approximate surface area is 589 Å². The Kier molecular flexibility index (Phi) is 46.4. The number of hydrogen-bond donors (Lipinski definition) is 2. The molecule has 4 heterocycles. The molecule has 0 spiro atoms.